The summed E-state index contributed by atoms with van der Waals surface area (Å²) in [5.74, 6) is -0.789. The van der Waals surface area contributed by atoms with Crippen molar-refractivity contribution in [3.05, 3.63) is 34.9 Å². The Bertz CT molecular complexity index is 862. The molecule has 1 saturated heterocycles. The Morgan fingerprint density at radius 2 is 2.03 bits per heavy atom. The summed E-state index contributed by atoms with van der Waals surface area (Å²) >= 11 is 6.07. The molecule has 2 rings (SSSR count). The third kappa shape index (κ3) is 17.1. The number of halogens is 1. The Hall–Kier alpha value is -2.54. The monoisotopic (exact) mass is 580 g/mol. The maximum atomic E-state index is 11.7. The molecule has 0 aromatic heterocycles. The van der Waals surface area contributed by atoms with E-state index in [1.807, 2.05) is 24.3 Å². The molecule has 15 heteroatoms. The van der Waals surface area contributed by atoms with Gasteiger partial charge in [0.25, 0.3) is 0 Å². The summed E-state index contributed by atoms with van der Waals surface area (Å²) in [5, 5.41) is 12.3. The van der Waals surface area contributed by atoms with Crippen LogP contribution in [0, 0.1) is 0 Å². The van der Waals surface area contributed by atoms with E-state index in [2.05, 4.69) is 16.3 Å². The van der Waals surface area contributed by atoms with Crippen LogP contribution in [0.15, 0.2) is 29.4 Å². The van der Waals surface area contributed by atoms with Crippen molar-refractivity contribution in [2.75, 3.05) is 20.3 Å². The molecule has 4 unspecified atom stereocenters. The topological polar surface area (TPSA) is 194 Å². The molecule has 38 heavy (non-hydrogen) atoms. The lowest BCUT2D eigenvalue weighted by atomic mass is 10.1. The van der Waals surface area contributed by atoms with Gasteiger partial charge in [0.05, 0.1) is 25.4 Å². The fourth-order valence-electron chi connectivity index (χ4n) is 2.58. The van der Waals surface area contributed by atoms with Crippen LogP contribution < -0.4 is 16.9 Å². The molecular weight excluding hydrogens is 543 g/mol. The number of primary amides is 1. The second kappa shape index (κ2) is 21.4. The molecule has 0 spiro atoms. The summed E-state index contributed by atoms with van der Waals surface area (Å²) in [6.45, 7) is 5.65. The number of nitrogens with zero attached hydrogens (tertiary/aromatic N) is 1. The van der Waals surface area contributed by atoms with Gasteiger partial charge < -0.3 is 39.6 Å². The number of carboxylic acids is 1. The second-order valence-electron chi connectivity index (χ2n) is 7.48. The van der Waals surface area contributed by atoms with Gasteiger partial charge in [0, 0.05) is 37.8 Å². The van der Waals surface area contributed by atoms with Crippen molar-refractivity contribution in [2.45, 2.75) is 64.9 Å². The number of esters is 1. The predicted molar refractivity (Wildman–Crippen MR) is 143 cm³/mol. The first-order chi connectivity index (χ1) is 18.1. The molecule has 0 aliphatic carbocycles. The smallest absolute Gasteiger partial charge is 0.333 e. The normalized spacial score (nSPS) is 18.4. The van der Waals surface area contributed by atoms with Gasteiger partial charge in [-0.3, -0.25) is 19.8 Å². The fraction of sp³-hybridized carbons (Fsp3) is 0.565. The Kier molecular flexibility index (Phi) is 20.0. The summed E-state index contributed by atoms with van der Waals surface area (Å²) in [4.78, 5) is 29.6. The molecule has 0 saturated carbocycles. The van der Waals surface area contributed by atoms with Crippen LogP contribution in [0.5, 0.6) is 0 Å². The molecule has 1 aliphatic heterocycles. The van der Waals surface area contributed by atoms with E-state index >= 15 is 0 Å². The molecule has 13 nitrogen and oxygen atoms in total. The first-order valence-corrected chi connectivity index (χ1v) is 13.2. The summed E-state index contributed by atoms with van der Waals surface area (Å²) < 4.78 is 28.2. The molecule has 1 amide bonds. The SMILES string of the molecule is CCC(=O)O.CCC(=O)OC(CC(COP1OCCC(c2cccc(Cl)c2)O1)OC)N/N=C(/C)N.NC=O. The van der Waals surface area contributed by atoms with Crippen LogP contribution in [0.1, 0.15) is 58.1 Å². The number of rotatable bonds is 12. The summed E-state index contributed by atoms with van der Waals surface area (Å²) in [5.41, 5.74) is 13.4. The number of hydrogen-bond donors (Lipinski definition) is 4. The highest BCUT2D eigenvalue weighted by Crippen LogP contribution is 2.49. The summed E-state index contributed by atoms with van der Waals surface area (Å²) in [7, 11) is 0.00610. The quantitative estimate of drug-likeness (QED) is 0.0539. The number of carbonyl (C=O) groups excluding carboxylic acids is 2. The van der Waals surface area contributed by atoms with Gasteiger partial charge in [0.2, 0.25) is 6.41 Å². The molecule has 1 fully saturated rings. The van der Waals surface area contributed by atoms with Gasteiger partial charge in [-0.05, 0) is 24.6 Å². The van der Waals surface area contributed by atoms with Crippen LogP contribution >= 0.6 is 20.2 Å². The molecule has 6 N–H and O–H groups in total. The minimum Gasteiger partial charge on any atom is -0.481 e. The Morgan fingerprint density at radius 1 is 1.37 bits per heavy atom. The van der Waals surface area contributed by atoms with Crippen molar-refractivity contribution in [1.29, 1.82) is 0 Å². The number of nitrogens with two attached hydrogens (primary N) is 2. The summed E-state index contributed by atoms with van der Waals surface area (Å²) in [6.07, 6.45) is 0.499. The molecular formula is C23H38ClN4O9P. The number of carboxylic acid groups (broad SMARTS) is 1. The Labute approximate surface area is 229 Å². The largest absolute Gasteiger partial charge is 0.481 e. The lowest BCUT2D eigenvalue weighted by Crippen LogP contribution is -2.36. The highest BCUT2D eigenvalue weighted by Gasteiger charge is 2.28. The average Bonchev–Trinajstić information content (AvgIpc) is 2.90. The van der Waals surface area contributed by atoms with Crippen LogP contribution in [-0.4, -0.2) is 61.9 Å². The number of carbonyl (C=O) groups is 3. The summed E-state index contributed by atoms with van der Waals surface area (Å²) in [6, 6.07) is 7.54. The van der Waals surface area contributed by atoms with Crippen LogP contribution in [0.4, 0.5) is 0 Å². The van der Waals surface area contributed by atoms with Crippen molar-refractivity contribution < 1.29 is 42.5 Å². The van der Waals surface area contributed by atoms with Gasteiger partial charge in [-0.15, -0.1) is 0 Å². The number of benzene rings is 1. The van der Waals surface area contributed by atoms with Crippen LogP contribution in [0.25, 0.3) is 0 Å². The fourth-order valence-corrected chi connectivity index (χ4v) is 3.95. The van der Waals surface area contributed by atoms with Gasteiger partial charge in [-0.2, -0.15) is 5.10 Å². The van der Waals surface area contributed by atoms with Crippen molar-refractivity contribution >= 4 is 44.4 Å². The van der Waals surface area contributed by atoms with Gasteiger partial charge in [0.1, 0.15) is 5.84 Å². The van der Waals surface area contributed by atoms with Crippen molar-refractivity contribution in [3.63, 3.8) is 0 Å². The van der Waals surface area contributed by atoms with Crippen LogP contribution in [0.2, 0.25) is 5.02 Å². The number of ether oxygens (including phenoxy) is 2. The Morgan fingerprint density at radius 3 is 2.55 bits per heavy atom. The van der Waals surface area contributed by atoms with Gasteiger partial charge in [-0.1, -0.05) is 37.6 Å². The number of nitrogens with one attached hydrogen (secondary N) is 1. The molecule has 1 aromatic carbocycles. The minimum absolute atomic E-state index is 0.147. The number of amidine groups is 1. The maximum Gasteiger partial charge on any atom is 0.333 e. The third-order valence-electron chi connectivity index (χ3n) is 4.44. The van der Waals surface area contributed by atoms with Gasteiger partial charge in [-0.25, -0.2) is 0 Å². The zero-order valence-electron chi connectivity index (χ0n) is 22.0. The van der Waals surface area contributed by atoms with E-state index in [0.29, 0.717) is 30.3 Å². The zero-order chi connectivity index (χ0) is 28.9. The lowest BCUT2D eigenvalue weighted by molar-refractivity contribution is -0.152. The van der Waals surface area contributed by atoms with Crippen molar-refractivity contribution in [3.8, 4) is 0 Å². The predicted octanol–water partition coefficient (Wildman–Crippen LogP) is 3.21. The highest BCUT2D eigenvalue weighted by molar-refractivity contribution is 7.41. The molecule has 1 aromatic rings. The van der Waals surface area contributed by atoms with E-state index in [9.17, 15) is 9.59 Å². The third-order valence-corrected chi connectivity index (χ3v) is 5.85. The second-order valence-corrected chi connectivity index (χ2v) is 9.09. The lowest BCUT2D eigenvalue weighted by Gasteiger charge is -2.30. The van der Waals surface area contributed by atoms with E-state index in [4.69, 9.17) is 50.3 Å². The first kappa shape index (κ1) is 35.5. The van der Waals surface area contributed by atoms with E-state index < -0.39 is 20.8 Å². The van der Waals surface area contributed by atoms with E-state index in [1.54, 1.807) is 27.9 Å². The van der Waals surface area contributed by atoms with Crippen molar-refractivity contribution in [1.82, 2.24) is 5.43 Å². The number of methoxy groups -OCH3 is 1. The van der Waals surface area contributed by atoms with Crippen LogP contribution in [-0.2, 0) is 37.4 Å². The molecule has 0 bridgehead atoms. The van der Waals surface area contributed by atoms with E-state index in [0.717, 1.165) is 5.56 Å². The average molecular weight is 581 g/mol. The maximum absolute atomic E-state index is 11.7. The zero-order valence-corrected chi connectivity index (χ0v) is 23.7. The number of aliphatic carboxylic acids is 1. The Balaban J connectivity index is 0.00000150. The minimum atomic E-state index is -1.54. The highest BCUT2D eigenvalue weighted by atomic mass is 35.5. The number of hydrazone groups is 1. The molecule has 1 aliphatic rings. The number of hydrogen-bond acceptors (Lipinski definition) is 10. The van der Waals surface area contributed by atoms with Gasteiger partial charge >= 0.3 is 20.5 Å². The van der Waals surface area contributed by atoms with Crippen molar-refractivity contribution in [2.24, 2.45) is 16.6 Å². The van der Waals surface area contributed by atoms with Crippen LogP contribution in [0.3, 0.4) is 0 Å². The molecule has 0 radical (unpaired) electrons. The van der Waals surface area contributed by atoms with E-state index in [-0.39, 0.29) is 44.0 Å². The molecule has 4 atom stereocenters. The van der Waals surface area contributed by atoms with Gasteiger partial charge in [0.15, 0.2) is 6.23 Å². The van der Waals surface area contributed by atoms with E-state index in [1.165, 1.54) is 0 Å². The standard InChI is InChI=1S/C19H29ClN3O6P.C3H6O2.CH3NO/c1-4-19(24)28-18(23-22-13(2)21)11-16(25-3)12-27-30-26-9-8-17(29-30)14-6-5-7-15(20)10-14;1-2-3(4)5;2-1-3/h5-7,10,16-18,23H,4,8-9,11-12H2,1-3H3,(H2,21,22);2H2,1H3,(H,4,5);1H,(H2,2,3). The first-order valence-electron chi connectivity index (χ1n) is 11.7. The molecule has 216 valence electrons. The number of amides is 1. The molecule has 1 heterocycles.